The smallest absolute Gasteiger partial charge is 0.174 e. The van der Waals surface area contributed by atoms with E-state index in [4.69, 9.17) is 9.57 Å². The summed E-state index contributed by atoms with van der Waals surface area (Å²) in [5, 5.41) is 2.26. The first-order valence-electron chi connectivity index (χ1n) is 11.4. The number of hydrogen-bond acceptors (Lipinski definition) is 4. The molecule has 6 atom stereocenters. The number of carbonyl (C=O) groups excluding carboxylic acids is 1. The van der Waals surface area contributed by atoms with Crippen LogP contribution in [-0.4, -0.2) is 35.6 Å². The Morgan fingerprint density at radius 2 is 1.97 bits per heavy atom. The molecule has 4 nitrogen and oxygen atoms in total. The highest BCUT2D eigenvalue weighted by Gasteiger charge is 2.65. The Bertz CT molecular complexity index is 989. The minimum absolute atomic E-state index is 0.0926. The Morgan fingerprint density at radius 3 is 2.80 bits per heavy atom. The lowest BCUT2D eigenvalue weighted by atomic mass is 9.52. The van der Waals surface area contributed by atoms with Gasteiger partial charge < -0.3 is 4.74 Å². The first-order chi connectivity index (χ1) is 14.6. The van der Waals surface area contributed by atoms with Crippen LogP contribution in [0.15, 0.2) is 48.5 Å². The minimum Gasteiger partial charge on any atom is -0.481 e. The second kappa shape index (κ2) is 6.66. The van der Waals surface area contributed by atoms with Crippen LogP contribution < -0.4 is 4.74 Å². The van der Waals surface area contributed by atoms with Gasteiger partial charge in [-0.1, -0.05) is 49.4 Å². The second-order valence-electron chi connectivity index (χ2n) is 9.61. The predicted molar refractivity (Wildman–Crippen MR) is 114 cm³/mol. The van der Waals surface area contributed by atoms with Gasteiger partial charge in [0.2, 0.25) is 0 Å². The third kappa shape index (κ3) is 2.44. The number of hydroxylamine groups is 2. The lowest BCUT2D eigenvalue weighted by Gasteiger charge is -2.57. The summed E-state index contributed by atoms with van der Waals surface area (Å²) in [6.45, 7) is 5.28. The number of Topliss-reactive ketones (excluding diaryl/α,β-unsaturated/α-hetero) is 1. The number of hydrogen-bond donors (Lipinski definition) is 0. The molecule has 1 saturated heterocycles. The maximum Gasteiger partial charge on any atom is 0.174 e. The van der Waals surface area contributed by atoms with Gasteiger partial charge in [0, 0.05) is 35.9 Å². The average Bonchev–Trinajstić information content (AvgIpc) is 3.11. The standard InChI is InChI=1S/C26H29NO3/c1-16(18-7-4-3-5-8-18)17(2)30-27-14-13-26-20-11-12-22(28)25(26)29-23-10-6-9-19(24(23)26)15-21(20)27/h3-10,16-17,20-21,25H,11-15H2,1-2H3/t16?,17?,20-,21+,25?,26-/m0/s1. The topological polar surface area (TPSA) is 38.8 Å². The molecule has 0 N–H and O–H groups in total. The second-order valence-corrected chi connectivity index (χ2v) is 9.61. The van der Waals surface area contributed by atoms with Crippen molar-refractivity contribution in [3.8, 4) is 5.75 Å². The summed E-state index contributed by atoms with van der Waals surface area (Å²) in [6.07, 6.45) is 3.28. The zero-order chi connectivity index (χ0) is 20.5. The zero-order valence-corrected chi connectivity index (χ0v) is 17.7. The van der Waals surface area contributed by atoms with Gasteiger partial charge in [0.05, 0.1) is 6.10 Å². The van der Waals surface area contributed by atoms with Crippen LogP contribution >= 0.6 is 0 Å². The van der Waals surface area contributed by atoms with Crippen LogP contribution in [0.4, 0.5) is 0 Å². The number of piperidine rings is 1. The highest BCUT2D eigenvalue weighted by atomic mass is 16.7. The number of nitrogens with zero attached hydrogens (tertiary/aromatic N) is 1. The summed E-state index contributed by atoms with van der Waals surface area (Å²) in [4.78, 5) is 19.5. The molecule has 0 radical (unpaired) electrons. The van der Waals surface area contributed by atoms with Gasteiger partial charge in [-0.25, -0.2) is 0 Å². The number of benzene rings is 2. The van der Waals surface area contributed by atoms with E-state index in [1.165, 1.54) is 16.7 Å². The summed E-state index contributed by atoms with van der Waals surface area (Å²) in [5.74, 6) is 1.98. The van der Waals surface area contributed by atoms with Gasteiger partial charge in [-0.3, -0.25) is 9.63 Å². The van der Waals surface area contributed by atoms with Crippen LogP contribution in [0.5, 0.6) is 5.75 Å². The first kappa shape index (κ1) is 18.6. The van der Waals surface area contributed by atoms with Crippen LogP contribution in [0, 0.1) is 5.92 Å². The van der Waals surface area contributed by atoms with Crippen molar-refractivity contribution in [2.24, 2.45) is 5.92 Å². The van der Waals surface area contributed by atoms with E-state index in [1.807, 2.05) is 0 Å². The molecule has 0 amide bonds. The maximum absolute atomic E-state index is 12.9. The highest BCUT2D eigenvalue weighted by molar-refractivity contribution is 5.88. The molecule has 2 bridgehead atoms. The van der Waals surface area contributed by atoms with E-state index in [0.717, 1.165) is 31.6 Å². The molecule has 1 saturated carbocycles. The molecule has 2 aliphatic carbocycles. The van der Waals surface area contributed by atoms with Gasteiger partial charge in [-0.05, 0) is 49.3 Å². The average molecular weight is 404 g/mol. The van der Waals surface area contributed by atoms with Gasteiger partial charge in [-0.15, -0.1) is 0 Å². The monoisotopic (exact) mass is 403 g/mol. The molecule has 2 aliphatic heterocycles. The highest BCUT2D eigenvalue weighted by Crippen LogP contribution is 2.61. The van der Waals surface area contributed by atoms with Crippen molar-refractivity contribution >= 4 is 5.78 Å². The molecule has 4 aliphatic rings. The van der Waals surface area contributed by atoms with Crippen LogP contribution in [0.2, 0.25) is 0 Å². The van der Waals surface area contributed by atoms with E-state index >= 15 is 0 Å². The predicted octanol–water partition coefficient (Wildman–Crippen LogP) is 4.42. The fourth-order valence-corrected chi connectivity index (χ4v) is 6.73. The van der Waals surface area contributed by atoms with Crippen molar-refractivity contribution in [3.05, 3.63) is 65.2 Å². The van der Waals surface area contributed by atoms with E-state index in [2.05, 4.69) is 67.4 Å². The Labute approximate surface area is 178 Å². The molecule has 2 aromatic rings. The quantitative estimate of drug-likeness (QED) is 0.758. The van der Waals surface area contributed by atoms with E-state index in [0.29, 0.717) is 24.3 Å². The van der Waals surface area contributed by atoms with Crippen molar-refractivity contribution in [1.82, 2.24) is 5.06 Å². The zero-order valence-electron chi connectivity index (χ0n) is 17.7. The summed E-state index contributed by atoms with van der Waals surface area (Å²) < 4.78 is 6.29. The molecule has 1 spiro atoms. The number of ketones is 1. The minimum atomic E-state index is -0.294. The molecular weight excluding hydrogens is 374 g/mol. The molecule has 3 unspecified atom stereocenters. The van der Waals surface area contributed by atoms with E-state index < -0.39 is 0 Å². The van der Waals surface area contributed by atoms with E-state index in [-0.39, 0.29) is 23.4 Å². The van der Waals surface area contributed by atoms with E-state index in [9.17, 15) is 4.79 Å². The summed E-state index contributed by atoms with van der Waals surface area (Å²) >= 11 is 0. The molecule has 30 heavy (non-hydrogen) atoms. The first-order valence-corrected chi connectivity index (χ1v) is 11.4. The third-order valence-electron chi connectivity index (χ3n) is 8.29. The molecule has 6 rings (SSSR count). The molecule has 2 aromatic carbocycles. The van der Waals surface area contributed by atoms with Crippen LogP contribution in [-0.2, 0) is 21.5 Å². The van der Waals surface area contributed by atoms with E-state index in [1.54, 1.807) is 0 Å². The van der Waals surface area contributed by atoms with Crippen molar-refractivity contribution in [2.75, 3.05) is 6.54 Å². The van der Waals surface area contributed by atoms with Crippen LogP contribution in [0.1, 0.15) is 55.7 Å². The molecule has 2 fully saturated rings. The van der Waals surface area contributed by atoms with Crippen molar-refractivity contribution < 1.29 is 14.4 Å². The van der Waals surface area contributed by atoms with Gasteiger partial charge in [0.25, 0.3) is 0 Å². The van der Waals surface area contributed by atoms with Gasteiger partial charge in [0.15, 0.2) is 11.9 Å². The number of ether oxygens (including phenoxy) is 1. The molecular formula is C26H29NO3. The molecule has 4 heteroatoms. The summed E-state index contributed by atoms with van der Waals surface area (Å²) in [5.41, 5.74) is 3.86. The van der Waals surface area contributed by atoms with Crippen molar-refractivity contribution in [3.63, 3.8) is 0 Å². The van der Waals surface area contributed by atoms with Crippen LogP contribution in [0.25, 0.3) is 0 Å². The van der Waals surface area contributed by atoms with Gasteiger partial charge in [0.1, 0.15) is 5.75 Å². The Balaban J connectivity index is 1.32. The third-order valence-corrected chi connectivity index (χ3v) is 8.29. The fraction of sp³-hybridized carbons (Fsp3) is 0.500. The molecule has 156 valence electrons. The van der Waals surface area contributed by atoms with Crippen LogP contribution in [0.3, 0.4) is 0 Å². The lowest BCUT2D eigenvalue weighted by molar-refractivity contribution is -0.258. The fourth-order valence-electron chi connectivity index (χ4n) is 6.73. The summed E-state index contributed by atoms with van der Waals surface area (Å²) in [7, 11) is 0. The lowest BCUT2D eigenvalue weighted by Crippen LogP contribution is -2.66. The maximum atomic E-state index is 12.9. The summed E-state index contributed by atoms with van der Waals surface area (Å²) in [6, 6.07) is 17.3. The number of rotatable bonds is 4. The van der Waals surface area contributed by atoms with Gasteiger partial charge in [-0.2, -0.15) is 5.06 Å². The Morgan fingerprint density at radius 1 is 1.13 bits per heavy atom. The van der Waals surface area contributed by atoms with Crippen molar-refractivity contribution in [2.45, 2.75) is 69.1 Å². The largest absolute Gasteiger partial charge is 0.481 e. The normalized spacial score (nSPS) is 33.5. The Kier molecular flexibility index (Phi) is 4.13. The molecule has 0 aromatic heterocycles. The SMILES string of the molecule is CC(ON1CC[C@]23c4c5cccc4OC2C(=O)CC[C@H]3[C@H]1C5)C(C)c1ccccc1. The van der Waals surface area contributed by atoms with Crippen molar-refractivity contribution in [1.29, 1.82) is 0 Å². The van der Waals surface area contributed by atoms with Gasteiger partial charge >= 0.3 is 0 Å². The molecule has 2 heterocycles. The number of carbonyl (C=O) groups is 1. The Hall–Kier alpha value is -2.17.